The van der Waals surface area contributed by atoms with E-state index in [9.17, 15) is 15.0 Å². The Hall–Kier alpha value is -2.71. The van der Waals surface area contributed by atoms with Gasteiger partial charge < -0.3 is 25.2 Å². The van der Waals surface area contributed by atoms with Gasteiger partial charge in [-0.1, -0.05) is 30.3 Å². The van der Waals surface area contributed by atoms with Gasteiger partial charge in [-0.15, -0.1) is 0 Å². The average Bonchev–Trinajstić information content (AvgIpc) is 2.64. The van der Waals surface area contributed by atoms with Gasteiger partial charge in [0.15, 0.2) is 0 Å². The molecule has 0 saturated heterocycles. The van der Waals surface area contributed by atoms with Gasteiger partial charge in [-0.05, 0) is 5.56 Å². The Kier molecular flexibility index (Phi) is 6.67. The van der Waals surface area contributed by atoms with E-state index in [1.165, 1.54) is 12.4 Å². The Morgan fingerprint density at radius 2 is 1.84 bits per heavy atom. The van der Waals surface area contributed by atoms with Crippen LogP contribution in [-0.4, -0.2) is 53.0 Å². The second kappa shape index (κ2) is 8.95. The lowest BCUT2D eigenvalue weighted by Crippen LogP contribution is -2.35. The first kappa shape index (κ1) is 18.6. The number of nitrogens with zero attached hydrogens (tertiary/aromatic N) is 3. The van der Waals surface area contributed by atoms with E-state index in [-0.39, 0.29) is 13.2 Å². The van der Waals surface area contributed by atoms with Gasteiger partial charge in [-0.25, -0.2) is 14.8 Å². The molecule has 0 bridgehead atoms. The van der Waals surface area contributed by atoms with Gasteiger partial charge in [0.1, 0.15) is 18.8 Å². The van der Waals surface area contributed by atoms with Crippen LogP contribution in [0, 0.1) is 0 Å². The molecule has 25 heavy (non-hydrogen) atoms. The summed E-state index contributed by atoms with van der Waals surface area (Å²) < 4.78 is 5.03. The first-order chi connectivity index (χ1) is 12.0. The van der Waals surface area contributed by atoms with Crippen molar-refractivity contribution in [3.05, 3.63) is 53.9 Å². The second-order valence-corrected chi connectivity index (χ2v) is 5.67. The number of hydrogen-bond acceptors (Lipinski definition) is 7. The Morgan fingerprint density at radius 3 is 2.44 bits per heavy atom. The second-order valence-electron chi connectivity index (χ2n) is 5.67. The van der Waals surface area contributed by atoms with Crippen LogP contribution in [0.15, 0.2) is 42.7 Å². The summed E-state index contributed by atoms with van der Waals surface area (Å²) in [6, 6.07) is 9.24. The summed E-state index contributed by atoms with van der Waals surface area (Å²) in [5, 5.41) is 22.5. The van der Waals surface area contributed by atoms with Gasteiger partial charge in [0.05, 0.1) is 0 Å². The highest BCUT2D eigenvalue weighted by molar-refractivity contribution is 5.67. The van der Waals surface area contributed by atoms with Gasteiger partial charge >= 0.3 is 6.09 Å². The standard InChI is InChI=1S/C17H22N4O4/c1-21(2)16-18-8-13(9-19-16)15(23)14(22)10-20-17(24)25-11-12-6-4-3-5-7-12/h3-9,14-15,22-23H,10-11H2,1-2H3,(H,20,24). The molecule has 0 spiro atoms. The number of amides is 1. The van der Waals surface area contributed by atoms with E-state index < -0.39 is 18.3 Å². The van der Waals surface area contributed by atoms with Crippen molar-refractivity contribution in [2.24, 2.45) is 0 Å². The number of aliphatic hydroxyl groups is 2. The summed E-state index contributed by atoms with van der Waals surface area (Å²) in [6.07, 6.45) is -0.230. The summed E-state index contributed by atoms with van der Waals surface area (Å²) >= 11 is 0. The normalized spacial score (nSPS) is 13.0. The van der Waals surface area contributed by atoms with Crippen molar-refractivity contribution >= 4 is 12.0 Å². The molecule has 2 unspecified atom stereocenters. The first-order valence-electron chi connectivity index (χ1n) is 7.77. The number of anilines is 1. The summed E-state index contributed by atoms with van der Waals surface area (Å²) in [4.78, 5) is 21.5. The van der Waals surface area contributed by atoms with E-state index in [4.69, 9.17) is 4.74 Å². The number of hydrogen-bond donors (Lipinski definition) is 3. The lowest BCUT2D eigenvalue weighted by atomic mass is 10.1. The Morgan fingerprint density at radius 1 is 1.20 bits per heavy atom. The molecule has 134 valence electrons. The Labute approximate surface area is 146 Å². The highest BCUT2D eigenvalue weighted by Gasteiger charge is 2.20. The van der Waals surface area contributed by atoms with Crippen LogP contribution in [-0.2, 0) is 11.3 Å². The molecule has 0 fully saturated rings. The number of carbonyl (C=O) groups is 1. The molecule has 2 atom stereocenters. The molecule has 2 aromatic rings. The molecule has 0 radical (unpaired) electrons. The number of nitrogens with one attached hydrogen (secondary N) is 1. The fraction of sp³-hybridized carbons (Fsp3) is 0.353. The third-order valence-corrected chi connectivity index (χ3v) is 3.43. The highest BCUT2D eigenvalue weighted by Crippen LogP contribution is 2.16. The topological polar surface area (TPSA) is 108 Å². The van der Waals surface area contributed by atoms with E-state index in [1.54, 1.807) is 19.0 Å². The number of alkyl carbamates (subject to hydrolysis) is 1. The first-order valence-corrected chi connectivity index (χ1v) is 7.77. The summed E-state index contributed by atoms with van der Waals surface area (Å²) in [6.45, 7) is -0.0324. The molecule has 0 saturated carbocycles. The fourth-order valence-corrected chi connectivity index (χ4v) is 2.01. The van der Waals surface area contributed by atoms with Crippen LogP contribution in [0.4, 0.5) is 10.7 Å². The number of aliphatic hydroxyl groups excluding tert-OH is 2. The van der Waals surface area contributed by atoms with E-state index in [0.717, 1.165) is 5.56 Å². The zero-order chi connectivity index (χ0) is 18.2. The molecule has 8 nitrogen and oxygen atoms in total. The fourth-order valence-electron chi connectivity index (χ4n) is 2.01. The van der Waals surface area contributed by atoms with E-state index in [1.807, 2.05) is 30.3 Å². The predicted octanol–water partition coefficient (Wildman–Crippen LogP) is 0.863. The van der Waals surface area contributed by atoms with Crippen molar-refractivity contribution in [2.75, 3.05) is 25.5 Å². The molecule has 1 aromatic carbocycles. The van der Waals surface area contributed by atoms with Crippen molar-refractivity contribution < 1.29 is 19.7 Å². The lowest BCUT2D eigenvalue weighted by molar-refractivity contribution is 0.0180. The van der Waals surface area contributed by atoms with Crippen LogP contribution in [0.1, 0.15) is 17.2 Å². The minimum Gasteiger partial charge on any atom is -0.445 e. The van der Waals surface area contributed by atoms with Crippen molar-refractivity contribution in [2.45, 2.75) is 18.8 Å². The largest absolute Gasteiger partial charge is 0.445 e. The molecular formula is C17H22N4O4. The number of carbonyl (C=O) groups excluding carboxylic acids is 1. The van der Waals surface area contributed by atoms with Crippen LogP contribution in [0.5, 0.6) is 0 Å². The molecule has 8 heteroatoms. The van der Waals surface area contributed by atoms with Crippen molar-refractivity contribution in [3.63, 3.8) is 0 Å². The Balaban J connectivity index is 1.78. The molecule has 1 heterocycles. The minimum absolute atomic E-state index is 0.130. The minimum atomic E-state index is -1.22. The quantitative estimate of drug-likeness (QED) is 0.682. The van der Waals surface area contributed by atoms with Gasteiger partial charge in [0, 0.05) is 38.6 Å². The molecule has 0 aliphatic carbocycles. The van der Waals surface area contributed by atoms with Crippen LogP contribution < -0.4 is 10.2 Å². The van der Waals surface area contributed by atoms with Crippen molar-refractivity contribution in [1.29, 1.82) is 0 Å². The van der Waals surface area contributed by atoms with Gasteiger partial charge in [0.25, 0.3) is 0 Å². The molecule has 0 aliphatic rings. The zero-order valence-electron chi connectivity index (χ0n) is 14.2. The molecule has 2 rings (SSSR count). The van der Waals surface area contributed by atoms with Gasteiger partial charge in [-0.3, -0.25) is 0 Å². The average molecular weight is 346 g/mol. The predicted molar refractivity (Wildman–Crippen MR) is 92.0 cm³/mol. The maximum atomic E-state index is 11.6. The Bertz CT molecular complexity index is 664. The van der Waals surface area contributed by atoms with Gasteiger partial charge in [-0.2, -0.15) is 0 Å². The monoisotopic (exact) mass is 346 g/mol. The smallest absolute Gasteiger partial charge is 0.407 e. The third kappa shape index (κ3) is 5.70. The third-order valence-electron chi connectivity index (χ3n) is 3.43. The highest BCUT2D eigenvalue weighted by atomic mass is 16.5. The molecular weight excluding hydrogens is 324 g/mol. The molecule has 3 N–H and O–H groups in total. The summed E-state index contributed by atoms with van der Waals surface area (Å²) in [5.41, 5.74) is 1.22. The number of benzene rings is 1. The van der Waals surface area contributed by atoms with Gasteiger partial charge in [0.2, 0.25) is 5.95 Å². The van der Waals surface area contributed by atoms with Crippen LogP contribution in [0.25, 0.3) is 0 Å². The van der Waals surface area contributed by atoms with Crippen LogP contribution in [0.3, 0.4) is 0 Å². The molecule has 1 aromatic heterocycles. The number of aromatic nitrogens is 2. The van der Waals surface area contributed by atoms with E-state index >= 15 is 0 Å². The SMILES string of the molecule is CN(C)c1ncc(C(O)C(O)CNC(=O)OCc2ccccc2)cn1. The van der Waals surface area contributed by atoms with Crippen LogP contribution >= 0.6 is 0 Å². The van der Waals surface area contributed by atoms with Crippen molar-refractivity contribution in [3.8, 4) is 0 Å². The summed E-state index contributed by atoms with van der Waals surface area (Å²) in [7, 11) is 3.59. The lowest BCUT2D eigenvalue weighted by Gasteiger charge is -2.18. The van der Waals surface area contributed by atoms with Crippen LogP contribution in [0.2, 0.25) is 0 Å². The maximum absolute atomic E-state index is 11.6. The van der Waals surface area contributed by atoms with Crippen molar-refractivity contribution in [1.82, 2.24) is 15.3 Å². The molecule has 0 aliphatic heterocycles. The molecule has 1 amide bonds. The maximum Gasteiger partial charge on any atom is 0.407 e. The number of ether oxygens (including phenoxy) is 1. The van der Waals surface area contributed by atoms with E-state index in [2.05, 4.69) is 15.3 Å². The summed E-state index contributed by atoms with van der Waals surface area (Å²) in [5.74, 6) is 0.494. The number of rotatable bonds is 7. The zero-order valence-corrected chi connectivity index (χ0v) is 14.2. The van der Waals surface area contributed by atoms with E-state index in [0.29, 0.717) is 11.5 Å².